The Labute approximate surface area is 156 Å². The van der Waals surface area contributed by atoms with Crippen LogP contribution in [0, 0.1) is 13.8 Å². The van der Waals surface area contributed by atoms with Crippen molar-refractivity contribution in [3.63, 3.8) is 0 Å². The Balaban J connectivity index is 1.48. The number of fused-ring (bicyclic) bond motifs is 1. The number of rotatable bonds is 4. The van der Waals surface area contributed by atoms with E-state index in [2.05, 4.69) is 20.4 Å². The van der Waals surface area contributed by atoms with Crippen LogP contribution in [0.4, 0.5) is 0 Å². The molecule has 27 heavy (non-hydrogen) atoms. The van der Waals surface area contributed by atoms with Crippen LogP contribution in [-0.2, 0) is 6.54 Å². The zero-order valence-corrected chi connectivity index (χ0v) is 15.2. The number of aryl methyl sites for hydroxylation is 2. The van der Waals surface area contributed by atoms with Crippen molar-refractivity contribution in [3.8, 4) is 5.82 Å². The lowest BCUT2D eigenvalue weighted by Gasteiger charge is -2.09. The number of nitrogens with zero attached hydrogens (tertiary/aromatic N) is 4. The van der Waals surface area contributed by atoms with Gasteiger partial charge in [-0.1, -0.05) is 18.2 Å². The Bertz CT molecular complexity index is 1100. The zero-order valence-electron chi connectivity index (χ0n) is 15.2. The van der Waals surface area contributed by atoms with E-state index in [0.717, 1.165) is 33.5 Å². The standard InChI is InChI=1S/C21H19N5O/c1-14-4-6-17-11-18(15(2)25-19(17)10-14)21(27)23-13-16-5-7-20(22-12-16)26-9-3-8-24-26/h3-12H,13H2,1-2H3,(H,23,27). The number of nitrogens with one attached hydrogen (secondary N) is 1. The van der Waals surface area contributed by atoms with Gasteiger partial charge in [-0.15, -0.1) is 0 Å². The van der Waals surface area contributed by atoms with Crippen LogP contribution in [0.2, 0.25) is 0 Å². The Hall–Kier alpha value is -3.54. The molecule has 3 aromatic heterocycles. The van der Waals surface area contributed by atoms with Gasteiger partial charge in [0.05, 0.1) is 16.8 Å². The minimum atomic E-state index is -0.140. The maximum absolute atomic E-state index is 12.6. The predicted molar refractivity (Wildman–Crippen MR) is 104 cm³/mol. The molecule has 0 saturated carbocycles. The molecule has 6 heteroatoms. The summed E-state index contributed by atoms with van der Waals surface area (Å²) in [4.78, 5) is 21.6. The lowest BCUT2D eigenvalue weighted by atomic mass is 10.1. The summed E-state index contributed by atoms with van der Waals surface area (Å²) in [5.41, 5.74) is 4.28. The number of carbonyl (C=O) groups excluding carboxylic acids is 1. The number of carbonyl (C=O) groups is 1. The van der Waals surface area contributed by atoms with E-state index >= 15 is 0 Å². The van der Waals surface area contributed by atoms with E-state index in [9.17, 15) is 4.79 Å². The molecule has 0 fully saturated rings. The summed E-state index contributed by atoms with van der Waals surface area (Å²) in [5.74, 6) is 0.596. The third-order valence-corrected chi connectivity index (χ3v) is 4.41. The Morgan fingerprint density at radius 1 is 1.15 bits per heavy atom. The quantitative estimate of drug-likeness (QED) is 0.608. The minimum Gasteiger partial charge on any atom is -0.348 e. The molecule has 0 aliphatic rings. The predicted octanol–water partition coefficient (Wildman–Crippen LogP) is 3.36. The summed E-state index contributed by atoms with van der Waals surface area (Å²) in [6.07, 6.45) is 5.28. The van der Waals surface area contributed by atoms with E-state index in [0.29, 0.717) is 12.1 Å². The van der Waals surface area contributed by atoms with Gasteiger partial charge in [-0.25, -0.2) is 9.67 Å². The molecule has 3 heterocycles. The molecule has 0 saturated heterocycles. The van der Waals surface area contributed by atoms with Gasteiger partial charge in [-0.05, 0) is 49.2 Å². The van der Waals surface area contributed by atoms with E-state index in [1.54, 1.807) is 17.1 Å². The summed E-state index contributed by atoms with van der Waals surface area (Å²) in [7, 11) is 0. The van der Waals surface area contributed by atoms with Crippen LogP contribution in [0.1, 0.15) is 27.2 Å². The first-order valence-electron chi connectivity index (χ1n) is 8.71. The second kappa shape index (κ2) is 6.99. The summed E-state index contributed by atoms with van der Waals surface area (Å²) < 4.78 is 1.69. The molecule has 0 aliphatic carbocycles. The second-order valence-corrected chi connectivity index (χ2v) is 6.48. The lowest BCUT2D eigenvalue weighted by molar-refractivity contribution is 0.0950. The number of hydrogen-bond donors (Lipinski definition) is 1. The van der Waals surface area contributed by atoms with Crippen molar-refractivity contribution in [1.29, 1.82) is 0 Å². The first kappa shape index (κ1) is 16.9. The third-order valence-electron chi connectivity index (χ3n) is 4.41. The fourth-order valence-electron chi connectivity index (χ4n) is 2.94. The molecule has 0 atom stereocenters. The van der Waals surface area contributed by atoms with Crippen LogP contribution in [0.15, 0.2) is 61.1 Å². The van der Waals surface area contributed by atoms with Crippen molar-refractivity contribution >= 4 is 16.8 Å². The number of hydrogen-bond acceptors (Lipinski definition) is 4. The van der Waals surface area contributed by atoms with Crippen molar-refractivity contribution in [1.82, 2.24) is 25.1 Å². The topological polar surface area (TPSA) is 72.7 Å². The average Bonchev–Trinajstić information content (AvgIpc) is 3.20. The molecule has 1 aromatic carbocycles. The SMILES string of the molecule is Cc1ccc2cc(C(=O)NCc3ccc(-n4cccn4)nc3)c(C)nc2c1. The van der Waals surface area contributed by atoms with Crippen LogP contribution in [0.3, 0.4) is 0 Å². The van der Waals surface area contributed by atoms with Gasteiger partial charge in [0, 0.05) is 30.5 Å². The molecule has 0 bridgehead atoms. The molecule has 4 aromatic rings. The molecular weight excluding hydrogens is 338 g/mol. The Morgan fingerprint density at radius 2 is 2.04 bits per heavy atom. The first-order chi connectivity index (χ1) is 13.1. The molecule has 0 radical (unpaired) electrons. The monoisotopic (exact) mass is 357 g/mol. The van der Waals surface area contributed by atoms with Gasteiger partial charge in [0.2, 0.25) is 0 Å². The molecule has 134 valence electrons. The number of aromatic nitrogens is 4. The molecule has 1 amide bonds. The minimum absolute atomic E-state index is 0.140. The summed E-state index contributed by atoms with van der Waals surface area (Å²) in [6.45, 7) is 4.29. The maximum atomic E-state index is 12.6. The van der Waals surface area contributed by atoms with E-state index in [-0.39, 0.29) is 5.91 Å². The Morgan fingerprint density at radius 3 is 2.78 bits per heavy atom. The van der Waals surface area contributed by atoms with Crippen molar-refractivity contribution in [3.05, 3.63) is 83.4 Å². The Kier molecular flexibility index (Phi) is 4.38. The van der Waals surface area contributed by atoms with Gasteiger partial charge in [0.1, 0.15) is 0 Å². The van der Waals surface area contributed by atoms with Gasteiger partial charge in [0.25, 0.3) is 5.91 Å². The highest BCUT2D eigenvalue weighted by atomic mass is 16.1. The van der Waals surface area contributed by atoms with Gasteiger partial charge in [-0.2, -0.15) is 5.10 Å². The average molecular weight is 357 g/mol. The van der Waals surface area contributed by atoms with Gasteiger partial charge < -0.3 is 5.32 Å². The number of amides is 1. The van der Waals surface area contributed by atoms with Crippen LogP contribution in [-0.4, -0.2) is 25.7 Å². The molecule has 0 aliphatic heterocycles. The third kappa shape index (κ3) is 3.55. The lowest BCUT2D eigenvalue weighted by Crippen LogP contribution is -2.24. The summed E-state index contributed by atoms with van der Waals surface area (Å²) >= 11 is 0. The normalized spacial score (nSPS) is 10.9. The van der Waals surface area contributed by atoms with E-state index in [4.69, 9.17) is 0 Å². The first-order valence-corrected chi connectivity index (χ1v) is 8.71. The molecular formula is C21H19N5O. The second-order valence-electron chi connectivity index (χ2n) is 6.48. The van der Waals surface area contributed by atoms with Crippen molar-refractivity contribution < 1.29 is 4.79 Å². The summed E-state index contributed by atoms with van der Waals surface area (Å²) in [6, 6.07) is 13.6. The van der Waals surface area contributed by atoms with Crippen LogP contribution in [0.25, 0.3) is 16.7 Å². The molecule has 6 nitrogen and oxygen atoms in total. The molecule has 4 rings (SSSR count). The summed E-state index contributed by atoms with van der Waals surface area (Å²) in [5, 5.41) is 8.05. The molecule has 1 N–H and O–H groups in total. The van der Waals surface area contributed by atoms with Crippen molar-refractivity contribution in [2.24, 2.45) is 0 Å². The smallest absolute Gasteiger partial charge is 0.253 e. The fraction of sp³-hybridized carbons (Fsp3) is 0.143. The highest BCUT2D eigenvalue weighted by molar-refractivity contribution is 5.98. The number of pyridine rings is 2. The van der Waals surface area contributed by atoms with Gasteiger partial charge in [0.15, 0.2) is 5.82 Å². The number of benzene rings is 1. The van der Waals surface area contributed by atoms with Crippen LogP contribution >= 0.6 is 0 Å². The van der Waals surface area contributed by atoms with E-state index in [1.165, 1.54) is 0 Å². The fourth-order valence-corrected chi connectivity index (χ4v) is 2.94. The highest BCUT2D eigenvalue weighted by Gasteiger charge is 2.12. The van der Waals surface area contributed by atoms with Gasteiger partial charge >= 0.3 is 0 Å². The van der Waals surface area contributed by atoms with E-state index < -0.39 is 0 Å². The van der Waals surface area contributed by atoms with Crippen molar-refractivity contribution in [2.45, 2.75) is 20.4 Å². The maximum Gasteiger partial charge on any atom is 0.253 e. The van der Waals surface area contributed by atoms with E-state index in [1.807, 2.05) is 62.5 Å². The zero-order chi connectivity index (χ0) is 18.8. The van der Waals surface area contributed by atoms with Gasteiger partial charge in [-0.3, -0.25) is 9.78 Å². The largest absolute Gasteiger partial charge is 0.348 e. The highest BCUT2D eigenvalue weighted by Crippen LogP contribution is 2.18. The van der Waals surface area contributed by atoms with Crippen molar-refractivity contribution in [2.75, 3.05) is 0 Å². The van der Waals surface area contributed by atoms with Crippen LogP contribution in [0.5, 0.6) is 0 Å². The molecule has 0 spiro atoms. The van der Waals surface area contributed by atoms with Crippen LogP contribution < -0.4 is 5.32 Å². The molecule has 0 unspecified atom stereocenters.